The van der Waals surface area contributed by atoms with E-state index in [1.54, 1.807) is 36.2 Å². The van der Waals surface area contributed by atoms with Gasteiger partial charge < -0.3 is 9.64 Å². The Hall–Kier alpha value is -2.05. The molecule has 0 aliphatic carbocycles. The molecular formula is C18H20ClNO4S. The van der Waals surface area contributed by atoms with Crippen molar-refractivity contribution in [3.05, 3.63) is 59.1 Å². The highest BCUT2D eigenvalue weighted by Gasteiger charge is 2.13. The smallest absolute Gasteiger partial charge is 0.253 e. The van der Waals surface area contributed by atoms with Crippen LogP contribution in [0.5, 0.6) is 5.75 Å². The first-order valence-corrected chi connectivity index (χ1v) is 9.98. The number of sulfone groups is 1. The van der Waals surface area contributed by atoms with Gasteiger partial charge in [-0.3, -0.25) is 4.79 Å². The summed E-state index contributed by atoms with van der Waals surface area (Å²) in [4.78, 5) is 14.1. The third-order valence-electron chi connectivity index (χ3n) is 3.60. The Balaban J connectivity index is 1.82. The van der Waals surface area contributed by atoms with E-state index >= 15 is 0 Å². The lowest BCUT2D eigenvalue weighted by Gasteiger charge is -2.17. The second-order valence-electron chi connectivity index (χ2n) is 5.68. The van der Waals surface area contributed by atoms with Gasteiger partial charge in [-0.05, 0) is 55.0 Å². The van der Waals surface area contributed by atoms with E-state index in [1.165, 1.54) is 24.3 Å². The SMILES string of the molecule is CN(CCCOc1ccc(Cl)cc1)C(=O)c1ccc(S(C)(=O)=O)cc1. The van der Waals surface area contributed by atoms with Crippen LogP contribution < -0.4 is 4.74 Å². The van der Waals surface area contributed by atoms with E-state index in [0.29, 0.717) is 30.2 Å². The molecule has 0 saturated heterocycles. The Morgan fingerprint density at radius 3 is 2.24 bits per heavy atom. The minimum Gasteiger partial charge on any atom is -0.494 e. The molecule has 0 N–H and O–H groups in total. The van der Waals surface area contributed by atoms with Crippen molar-refractivity contribution < 1.29 is 17.9 Å². The van der Waals surface area contributed by atoms with E-state index in [1.807, 2.05) is 0 Å². The van der Waals surface area contributed by atoms with Crippen molar-refractivity contribution in [2.75, 3.05) is 26.5 Å². The molecule has 0 heterocycles. The van der Waals surface area contributed by atoms with Crippen LogP contribution in [0.25, 0.3) is 0 Å². The van der Waals surface area contributed by atoms with Gasteiger partial charge >= 0.3 is 0 Å². The molecule has 2 rings (SSSR count). The molecule has 0 atom stereocenters. The molecule has 0 bridgehead atoms. The average Bonchev–Trinajstić information content (AvgIpc) is 2.58. The Morgan fingerprint density at radius 2 is 1.68 bits per heavy atom. The van der Waals surface area contributed by atoms with Crippen molar-refractivity contribution in [1.82, 2.24) is 4.90 Å². The van der Waals surface area contributed by atoms with Crippen LogP contribution in [0.1, 0.15) is 16.8 Å². The average molecular weight is 382 g/mol. The highest BCUT2D eigenvalue weighted by molar-refractivity contribution is 7.90. The third-order valence-corrected chi connectivity index (χ3v) is 4.98. The number of benzene rings is 2. The van der Waals surface area contributed by atoms with Gasteiger partial charge in [-0.1, -0.05) is 11.6 Å². The molecular weight excluding hydrogens is 362 g/mol. The number of halogens is 1. The highest BCUT2D eigenvalue weighted by Crippen LogP contribution is 2.16. The maximum absolute atomic E-state index is 12.3. The largest absolute Gasteiger partial charge is 0.494 e. The number of carbonyl (C=O) groups excluding carboxylic acids is 1. The molecule has 1 amide bonds. The number of rotatable bonds is 7. The van der Waals surface area contributed by atoms with Crippen LogP contribution in [0.15, 0.2) is 53.4 Å². The van der Waals surface area contributed by atoms with Gasteiger partial charge in [0.1, 0.15) is 5.75 Å². The van der Waals surface area contributed by atoms with E-state index < -0.39 is 9.84 Å². The van der Waals surface area contributed by atoms with Crippen molar-refractivity contribution >= 4 is 27.3 Å². The summed E-state index contributed by atoms with van der Waals surface area (Å²) < 4.78 is 28.5. The highest BCUT2D eigenvalue weighted by atomic mass is 35.5. The number of carbonyl (C=O) groups is 1. The van der Waals surface area contributed by atoms with Crippen LogP contribution >= 0.6 is 11.6 Å². The van der Waals surface area contributed by atoms with Gasteiger partial charge in [0, 0.05) is 30.4 Å². The number of hydrogen-bond donors (Lipinski definition) is 0. The van der Waals surface area contributed by atoms with E-state index in [0.717, 1.165) is 12.0 Å². The van der Waals surface area contributed by atoms with Crippen LogP contribution in [-0.2, 0) is 9.84 Å². The minimum atomic E-state index is -3.26. The quantitative estimate of drug-likeness (QED) is 0.690. The Morgan fingerprint density at radius 1 is 1.08 bits per heavy atom. The number of amides is 1. The van der Waals surface area contributed by atoms with Crippen molar-refractivity contribution in [2.24, 2.45) is 0 Å². The van der Waals surface area contributed by atoms with E-state index in [-0.39, 0.29) is 10.8 Å². The molecule has 7 heteroatoms. The Kier molecular flexibility index (Phi) is 6.45. The van der Waals surface area contributed by atoms with Crippen molar-refractivity contribution in [2.45, 2.75) is 11.3 Å². The predicted octanol–water partition coefficient (Wildman–Crippen LogP) is 3.28. The predicted molar refractivity (Wildman–Crippen MR) is 98.1 cm³/mol. The lowest BCUT2D eigenvalue weighted by atomic mass is 10.2. The van der Waals surface area contributed by atoms with Crippen LogP contribution in [0.2, 0.25) is 5.02 Å². The van der Waals surface area contributed by atoms with Gasteiger partial charge in [0.2, 0.25) is 0 Å². The van der Waals surface area contributed by atoms with Crippen LogP contribution in [0, 0.1) is 0 Å². The zero-order valence-corrected chi connectivity index (χ0v) is 15.7. The topological polar surface area (TPSA) is 63.7 Å². The summed E-state index contributed by atoms with van der Waals surface area (Å²) in [6.45, 7) is 1.01. The summed E-state index contributed by atoms with van der Waals surface area (Å²) in [7, 11) is -1.56. The second kappa shape index (κ2) is 8.36. The molecule has 0 saturated carbocycles. The van der Waals surface area contributed by atoms with Crippen LogP contribution in [0.4, 0.5) is 0 Å². The standard InChI is InChI=1S/C18H20ClNO4S/c1-20(12-3-13-24-16-8-6-15(19)7-9-16)18(21)14-4-10-17(11-5-14)25(2,22)23/h4-11H,3,12-13H2,1-2H3. The van der Waals surface area contributed by atoms with Crippen molar-refractivity contribution in [1.29, 1.82) is 0 Å². The van der Waals surface area contributed by atoms with Gasteiger partial charge in [0.25, 0.3) is 5.91 Å². The first kappa shape index (κ1) is 19.3. The molecule has 0 aromatic heterocycles. The van der Waals surface area contributed by atoms with Crippen molar-refractivity contribution in [3.8, 4) is 5.75 Å². The Labute approximate surface area is 153 Å². The summed E-state index contributed by atoms with van der Waals surface area (Å²) >= 11 is 5.81. The molecule has 0 fully saturated rings. The van der Waals surface area contributed by atoms with Gasteiger partial charge in [-0.25, -0.2) is 8.42 Å². The summed E-state index contributed by atoms with van der Waals surface area (Å²) in [6.07, 6.45) is 1.81. The Bertz CT molecular complexity index is 817. The number of nitrogens with zero attached hydrogens (tertiary/aromatic N) is 1. The fraction of sp³-hybridized carbons (Fsp3) is 0.278. The summed E-state index contributed by atoms with van der Waals surface area (Å²) in [6, 6.07) is 13.0. The van der Waals surface area contributed by atoms with E-state index in [4.69, 9.17) is 16.3 Å². The van der Waals surface area contributed by atoms with Crippen LogP contribution in [0.3, 0.4) is 0 Å². The maximum atomic E-state index is 12.3. The molecule has 2 aromatic rings. The monoisotopic (exact) mass is 381 g/mol. The third kappa shape index (κ3) is 5.76. The molecule has 2 aromatic carbocycles. The normalized spacial score (nSPS) is 11.2. The van der Waals surface area contributed by atoms with Crippen molar-refractivity contribution in [3.63, 3.8) is 0 Å². The molecule has 0 radical (unpaired) electrons. The van der Waals surface area contributed by atoms with Gasteiger partial charge in [-0.2, -0.15) is 0 Å². The zero-order chi connectivity index (χ0) is 18.4. The van der Waals surface area contributed by atoms with Gasteiger partial charge in [0.05, 0.1) is 11.5 Å². The first-order valence-electron chi connectivity index (χ1n) is 7.71. The minimum absolute atomic E-state index is 0.161. The summed E-state index contributed by atoms with van der Waals surface area (Å²) in [5.74, 6) is 0.571. The molecule has 0 aliphatic heterocycles. The van der Waals surface area contributed by atoms with Gasteiger partial charge in [0.15, 0.2) is 9.84 Å². The van der Waals surface area contributed by atoms with Crippen LogP contribution in [-0.4, -0.2) is 45.7 Å². The maximum Gasteiger partial charge on any atom is 0.253 e. The van der Waals surface area contributed by atoms with E-state index in [9.17, 15) is 13.2 Å². The number of ether oxygens (including phenoxy) is 1. The lowest BCUT2D eigenvalue weighted by Crippen LogP contribution is -2.28. The first-order chi connectivity index (χ1) is 11.8. The molecule has 0 aliphatic rings. The molecule has 134 valence electrons. The molecule has 25 heavy (non-hydrogen) atoms. The molecule has 5 nitrogen and oxygen atoms in total. The molecule has 0 unspecified atom stereocenters. The fourth-order valence-corrected chi connectivity index (χ4v) is 2.95. The summed E-state index contributed by atoms with van der Waals surface area (Å²) in [5.41, 5.74) is 0.452. The lowest BCUT2D eigenvalue weighted by molar-refractivity contribution is 0.0787. The van der Waals surface area contributed by atoms with E-state index in [2.05, 4.69) is 0 Å². The zero-order valence-electron chi connectivity index (χ0n) is 14.1. The number of hydrogen-bond acceptors (Lipinski definition) is 4. The fourth-order valence-electron chi connectivity index (χ4n) is 2.19. The summed E-state index contributed by atoms with van der Waals surface area (Å²) in [5, 5.41) is 0.652. The molecule has 0 spiro atoms. The second-order valence-corrected chi connectivity index (χ2v) is 8.13. The van der Waals surface area contributed by atoms with Gasteiger partial charge in [-0.15, -0.1) is 0 Å².